The maximum atomic E-state index is 3.48. The molecule has 3 aliphatic carbocycles. The van der Waals surface area contributed by atoms with Crippen LogP contribution in [0.1, 0.15) is 105 Å². The van der Waals surface area contributed by atoms with E-state index in [1.165, 1.54) is 90.3 Å². The van der Waals surface area contributed by atoms with E-state index in [1.54, 1.807) is 0 Å². The van der Waals surface area contributed by atoms with Gasteiger partial charge in [-0.05, 0) is 36.1 Å². The Morgan fingerprint density at radius 3 is 1.59 bits per heavy atom. The van der Waals surface area contributed by atoms with Crippen LogP contribution in [0.5, 0.6) is 0 Å². The Morgan fingerprint density at radius 1 is 0.829 bits per heavy atom. The van der Waals surface area contributed by atoms with Crippen LogP contribution >= 0.6 is 0 Å². The Bertz CT molecular complexity index is 1490. The van der Waals surface area contributed by atoms with Crippen LogP contribution in [0, 0.1) is 17.4 Å². The van der Waals surface area contributed by atoms with E-state index in [0.717, 1.165) is 6.42 Å². The summed E-state index contributed by atoms with van der Waals surface area (Å²) in [5.74, 6) is 0.522. The summed E-state index contributed by atoms with van der Waals surface area (Å²) in [4.78, 5) is 0. The van der Waals surface area contributed by atoms with Crippen molar-refractivity contribution in [1.29, 1.82) is 0 Å². The molecule has 1 unspecified atom stereocenters. The van der Waals surface area contributed by atoms with Crippen LogP contribution in [-0.4, -0.2) is 4.21 Å². The number of fused-ring (bicyclic) bond motifs is 5. The first kappa shape index (κ1) is 35.8. The normalized spacial score (nSPS) is 19.3. The number of rotatable bonds is 1. The van der Waals surface area contributed by atoms with Gasteiger partial charge in [0.15, 0.2) is 0 Å². The molecule has 0 fully saturated rings. The van der Waals surface area contributed by atoms with Gasteiger partial charge < -0.3 is 24.8 Å². The third kappa shape index (κ3) is 6.59. The van der Waals surface area contributed by atoms with Gasteiger partial charge >= 0.3 is 28.4 Å². The van der Waals surface area contributed by atoms with E-state index < -0.39 is 0 Å². The van der Waals surface area contributed by atoms with Crippen molar-refractivity contribution < 1.29 is 49.0 Å². The van der Waals surface area contributed by atoms with Gasteiger partial charge in [0.05, 0.1) is 0 Å². The number of allylic oxidation sites excluding steroid dienone is 8. The average molecular weight is 665 g/mol. The predicted molar refractivity (Wildman–Crippen MR) is 171 cm³/mol. The van der Waals surface area contributed by atoms with Crippen molar-refractivity contribution in [3.05, 3.63) is 88.0 Å². The largest absolute Gasteiger partial charge is 1.00 e. The first-order valence-corrected chi connectivity index (χ1v) is 16.2. The second kappa shape index (κ2) is 12.7. The molecule has 0 aromatic heterocycles. The maximum absolute atomic E-state index is 3.48. The third-order valence-corrected chi connectivity index (χ3v) is 8.68. The molecule has 3 aliphatic rings. The van der Waals surface area contributed by atoms with Crippen LogP contribution in [0.3, 0.4) is 0 Å². The molecule has 3 heteroatoms. The van der Waals surface area contributed by atoms with E-state index in [2.05, 4.69) is 135 Å². The quantitative estimate of drug-likeness (QED) is 0.328. The van der Waals surface area contributed by atoms with Gasteiger partial charge in [-0.1, -0.05) is 115 Å². The summed E-state index contributed by atoms with van der Waals surface area (Å²) in [5, 5.41) is 5.57. The van der Waals surface area contributed by atoms with Gasteiger partial charge in [0.2, 0.25) is 0 Å². The molecule has 0 nitrogen and oxygen atoms in total. The molecule has 41 heavy (non-hydrogen) atoms. The Labute approximate surface area is 277 Å². The molecule has 0 saturated heterocycles. The molecule has 0 heterocycles. The van der Waals surface area contributed by atoms with Crippen LogP contribution in [0.15, 0.2) is 59.7 Å². The summed E-state index contributed by atoms with van der Waals surface area (Å²) in [6, 6.07) is 12.1. The molecule has 6 rings (SSSR count). The number of benzene rings is 2. The smallest absolute Gasteiger partial charge is 1.00 e. The fourth-order valence-corrected chi connectivity index (χ4v) is 6.96. The van der Waals surface area contributed by atoms with E-state index in [4.69, 9.17) is 0 Å². The summed E-state index contributed by atoms with van der Waals surface area (Å²) in [6.45, 7) is 25.0. The fraction of sp³-hybridized carbons (Fsp3) is 0.421. The molecule has 0 bridgehead atoms. The van der Waals surface area contributed by atoms with Gasteiger partial charge in [-0.25, -0.2) is 5.57 Å². The molecule has 1 atom stereocenters. The van der Waals surface area contributed by atoms with E-state index in [0.29, 0.717) is 11.3 Å². The molecule has 0 aliphatic heterocycles. The average Bonchev–Trinajstić information content (AvgIpc) is 3.53. The minimum atomic E-state index is 0. The van der Waals surface area contributed by atoms with Crippen molar-refractivity contribution >= 4 is 36.9 Å². The summed E-state index contributed by atoms with van der Waals surface area (Å²) in [7, 11) is 0. The second-order valence-electron chi connectivity index (χ2n) is 13.8. The molecule has 3 aromatic carbocycles. The third-order valence-electron chi connectivity index (χ3n) is 8.68. The van der Waals surface area contributed by atoms with E-state index in [1.807, 2.05) is 0 Å². The van der Waals surface area contributed by atoms with Gasteiger partial charge in [-0.3, -0.25) is 6.08 Å². The zero-order valence-electron chi connectivity index (χ0n) is 26.9. The zero-order valence-corrected chi connectivity index (χ0v) is 30.8. The number of hydrogen-bond donors (Lipinski definition) is 0. The van der Waals surface area contributed by atoms with Crippen LogP contribution in [0.2, 0.25) is 0 Å². The summed E-state index contributed by atoms with van der Waals surface area (Å²) in [5.41, 5.74) is 12.1. The van der Waals surface area contributed by atoms with E-state index in [9.17, 15) is 0 Å². The molecular weight excluding hydrogens is 619 g/mol. The van der Waals surface area contributed by atoms with E-state index >= 15 is 0 Å². The van der Waals surface area contributed by atoms with Crippen LogP contribution in [0.25, 0.3) is 32.7 Å². The molecule has 3 aromatic rings. The van der Waals surface area contributed by atoms with Crippen molar-refractivity contribution in [3.8, 4) is 0 Å². The van der Waals surface area contributed by atoms with Crippen molar-refractivity contribution in [3.63, 3.8) is 0 Å². The van der Waals surface area contributed by atoms with Gasteiger partial charge in [-0.15, -0.1) is 39.7 Å². The second-order valence-corrected chi connectivity index (χ2v) is 13.8. The number of halogens is 2. The van der Waals surface area contributed by atoms with Gasteiger partial charge in [0.25, 0.3) is 0 Å². The standard InChI is InChI=1S/C25H25.C12H19.CH2.2ClH.Zr/c1-14-12-24(3,4)22-8-16-7-17-9-23-19(15(2)13-25(23,5)6)11-21(17)20(16)10-18(14)22;1-6-10-7-9(2)8-11(10)12(3,4)5;;;;/h7-13H,1-6H3;8-9H,6H2,1-5H3;1H2;2*1H;/q2*-1;;;;+2/p-2. The summed E-state index contributed by atoms with van der Waals surface area (Å²) in [6.07, 6.45) is 11.8. The van der Waals surface area contributed by atoms with Crippen molar-refractivity contribution in [1.82, 2.24) is 0 Å². The first-order chi connectivity index (χ1) is 18.1. The predicted octanol–water partition coefficient (Wildman–Crippen LogP) is 4.82. The monoisotopic (exact) mass is 662 g/mol. The fourth-order valence-electron chi connectivity index (χ4n) is 6.96. The minimum absolute atomic E-state index is 0. The van der Waals surface area contributed by atoms with Crippen molar-refractivity contribution in [2.45, 2.75) is 93.4 Å². The molecular formula is C38H46Cl2Zr-2. The molecule has 218 valence electrons. The van der Waals surface area contributed by atoms with Gasteiger partial charge in [-0.2, -0.15) is 11.6 Å². The molecule has 0 saturated carbocycles. The Balaban J connectivity index is 0.000000315. The van der Waals surface area contributed by atoms with Gasteiger partial charge in [0.1, 0.15) is 0 Å². The van der Waals surface area contributed by atoms with Gasteiger partial charge in [0, 0.05) is 10.8 Å². The van der Waals surface area contributed by atoms with Crippen LogP contribution in [0.4, 0.5) is 0 Å². The zero-order chi connectivity index (χ0) is 29.1. The Hall–Kier alpha value is -1.40. The van der Waals surface area contributed by atoms with Crippen molar-refractivity contribution in [2.24, 2.45) is 11.3 Å². The molecule has 0 radical (unpaired) electrons. The number of hydrogen-bond acceptors (Lipinski definition) is 0. The van der Waals surface area contributed by atoms with Crippen LogP contribution < -0.4 is 24.8 Å². The Morgan fingerprint density at radius 2 is 1.24 bits per heavy atom. The minimum Gasteiger partial charge on any atom is -1.00 e. The van der Waals surface area contributed by atoms with E-state index in [-0.39, 0.29) is 35.6 Å². The molecule has 0 spiro atoms. The van der Waals surface area contributed by atoms with Crippen molar-refractivity contribution in [2.75, 3.05) is 0 Å². The molecule has 0 amide bonds. The molecule has 0 N–H and O–H groups in total. The first-order valence-electron chi connectivity index (χ1n) is 14.4. The summed E-state index contributed by atoms with van der Waals surface area (Å²) < 4.78 is 3.34. The maximum Gasteiger partial charge on any atom is -1.00 e. The summed E-state index contributed by atoms with van der Waals surface area (Å²) >= 11 is 1.30. The Kier molecular flexibility index (Phi) is 11.1. The van der Waals surface area contributed by atoms with Crippen LogP contribution in [-0.2, 0) is 35.1 Å². The SMILES string of the molecule is CC1=CC(C)(C)c2cc3[cH-]c4cc5c(cc4c3cc21)C(C)=CC5(C)C.CCC1=[C-]C(C)C=C1C(C)(C)C.[CH2]=[Zr+2].[Cl-].[Cl-]. The topological polar surface area (TPSA) is 0 Å².